The van der Waals surface area contributed by atoms with Crippen LogP contribution in [0.5, 0.6) is 5.75 Å². The van der Waals surface area contributed by atoms with E-state index in [-0.39, 0.29) is 5.91 Å². The molecular weight excluding hydrogens is 262 g/mol. The van der Waals surface area contributed by atoms with Gasteiger partial charge in [-0.2, -0.15) is 5.26 Å². The molecule has 0 bridgehead atoms. The standard InChI is InChI=1S/C13H17N3O2S/c1-16(7-3-6-14)13(17)9-19-12-5-4-10(15)8-11(12)18-2/h4-5,8H,3,7,9,15H2,1-2H3. The molecular formula is C13H17N3O2S. The Balaban J connectivity index is 2.57. The molecule has 1 aromatic carbocycles. The maximum atomic E-state index is 11.8. The highest BCUT2D eigenvalue weighted by atomic mass is 32.2. The number of carbonyl (C=O) groups is 1. The minimum Gasteiger partial charge on any atom is -0.496 e. The Morgan fingerprint density at radius 3 is 2.95 bits per heavy atom. The van der Waals surface area contributed by atoms with Gasteiger partial charge >= 0.3 is 0 Å². The second-order valence-corrected chi connectivity index (χ2v) is 4.94. The molecule has 1 amide bonds. The number of hydrogen-bond acceptors (Lipinski definition) is 5. The summed E-state index contributed by atoms with van der Waals surface area (Å²) in [6, 6.07) is 7.35. The van der Waals surface area contributed by atoms with Crippen LogP contribution in [0.15, 0.2) is 23.1 Å². The van der Waals surface area contributed by atoms with Crippen molar-refractivity contribution >= 4 is 23.4 Å². The van der Waals surface area contributed by atoms with E-state index in [2.05, 4.69) is 0 Å². The summed E-state index contributed by atoms with van der Waals surface area (Å²) in [5.41, 5.74) is 6.29. The molecule has 0 spiro atoms. The second-order valence-electron chi connectivity index (χ2n) is 3.92. The van der Waals surface area contributed by atoms with Gasteiger partial charge in [-0.15, -0.1) is 11.8 Å². The summed E-state index contributed by atoms with van der Waals surface area (Å²) < 4.78 is 5.22. The molecule has 0 aliphatic heterocycles. The summed E-state index contributed by atoms with van der Waals surface area (Å²) in [4.78, 5) is 14.2. The van der Waals surface area contributed by atoms with E-state index in [0.717, 1.165) is 4.90 Å². The van der Waals surface area contributed by atoms with Crippen molar-refractivity contribution in [1.82, 2.24) is 4.90 Å². The Labute approximate surface area is 117 Å². The molecule has 0 aliphatic carbocycles. The van der Waals surface area contributed by atoms with Gasteiger partial charge in [0.15, 0.2) is 0 Å². The van der Waals surface area contributed by atoms with Crippen molar-refractivity contribution in [3.8, 4) is 11.8 Å². The van der Waals surface area contributed by atoms with Crippen LogP contribution in [0.1, 0.15) is 6.42 Å². The summed E-state index contributed by atoms with van der Waals surface area (Å²) in [6.07, 6.45) is 0.345. The van der Waals surface area contributed by atoms with E-state index >= 15 is 0 Å². The number of hydrogen-bond donors (Lipinski definition) is 1. The monoisotopic (exact) mass is 279 g/mol. The summed E-state index contributed by atoms with van der Waals surface area (Å²) in [7, 11) is 3.26. The fourth-order valence-corrected chi connectivity index (χ4v) is 2.34. The molecule has 0 aromatic heterocycles. The lowest BCUT2D eigenvalue weighted by molar-refractivity contribution is -0.127. The number of nitriles is 1. The Hall–Kier alpha value is -1.87. The van der Waals surface area contributed by atoms with Crippen molar-refractivity contribution in [3.05, 3.63) is 18.2 Å². The van der Waals surface area contributed by atoms with Crippen LogP contribution in [0.3, 0.4) is 0 Å². The van der Waals surface area contributed by atoms with Gasteiger partial charge in [0.2, 0.25) is 5.91 Å². The Kier molecular flexibility index (Phi) is 6.03. The number of carbonyl (C=O) groups excluding carboxylic acids is 1. The highest BCUT2D eigenvalue weighted by Crippen LogP contribution is 2.30. The number of amides is 1. The summed E-state index contributed by atoms with van der Waals surface area (Å²) in [6.45, 7) is 0.453. The number of methoxy groups -OCH3 is 1. The lowest BCUT2D eigenvalue weighted by Gasteiger charge is -2.15. The van der Waals surface area contributed by atoms with Crippen LogP contribution in [-0.4, -0.2) is 37.3 Å². The van der Waals surface area contributed by atoms with Gasteiger partial charge in [-0.05, 0) is 12.1 Å². The van der Waals surface area contributed by atoms with Crippen molar-refractivity contribution in [2.45, 2.75) is 11.3 Å². The predicted octanol–water partition coefficient (Wildman–Crippen LogP) is 1.74. The van der Waals surface area contributed by atoms with E-state index in [1.165, 1.54) is 11.8 Å². The molecule has 6 heteroatoms. The van der Waals surface area contributed by atoms with Crippen molar-refractivity contribution in [1.29, 1.82) is 5.26 Å². The van der Waals surface area contributed by atoms with Gasteiger partial charge in [0.1, 0.15) is 5.75 Å². The minimum atomic E-state index is -0.0147. The molecule has 0 aliphatic rings. The van der Waals surface area contributed by atoms with Crippen LogP contribution in [-0.2, 0) is 4.79 Å². The molecule has 19 heavy (non-hydrogen) atoms. The molecule has 0 saturated heterocycles. The van der Waals surface area contributed by atoms with Gasteiger partial charge in [0.25, 0.3) is 0 Å². The first-order valence-corrected chi connectivity index (χ1v) is 6.74. The number of ether oxygens (including phenoxy) is 1. The average Bonchev–Trinajstić information content (AvgIpc) is 2.42. The van der Waals surface area contributed by atoms with Crippen LogP contribution >= 0.6 is 11.8 Å². The highest BCUT2D eigenvalue weighted by molar-refractivity contribution is 8.00. The third-order valence-electron chi connectivity index (χ3n) is 2.52. The summed E-state index contributed by atoms with van der Waals surface area (Å²) >= 11 is 1.40. The van der Waals surface area contributed by atoms with Gasteiger partial charge in [-0.1, -0.05) is 0 Å². The first-order valence-electron chi connectivity index (χ1n) is 5.75. The van der Waals surface area contributed by atoms with Crippen molar-refractivity contribution in [3.63, 3.8) is 0 Å². The molecule has 102 valence electrons. The first kappa shape index (κ1) is 15.2. The number of thioether (sulfide) groups is 1. The van der Waals surface area contributed by atoms with Crippen LogP contribution in [0.2, 0.25) is 0 Å². The molecule has 0 fully saturated rings. The third kappa shape index (κ3) is 4.72. The molecule has 0 unspecified atom stereocenters. The highest BCUT2D eigenvalue weighted by Gasteiger charge is 2.11. The molecule has 0 heterocycles. The quantitative estimate of drug-likeness (QED) is 0.634. The Morgan fingerprint density at radius 1 is 1.58 bits per heavy atom. The molecule has 1 rings (SSSR count). The summed E-state index contributed by atoms with van der Waals surface area (Å²) in [5, 5.41) is 8.48. The number of benzene rings is 1. The van der Waals surface area contributed by atoms with Crippen molar-refractivity contribution < 1.29 is 9.53 Å². The fourth-order valence-electron chi connectivity index (χ4n) is 1.40. The lowest BCUT2D eigenvalue weighted by atomic mass is 10.3. The maximum Gasteiger partial charge on any atom is 0.232 e. The second kappa shape index (κ2) is 7.54. The molecule has 0 radical (unpaired) electrons. The van der Waals surface area contributed by atoms with E-state index in [9.17, 15) is 4.79 Å². The molecule has 0 atom stereocenters. The first-order chi connectivity index (χ1) is 9.08. The van der Waals surface area contributed by atoms with Crippen LogP contribution in [0.4, 0.5) is 5.69 Å². The Morgan fingerprint density at radius 2 is 2.32 bits per heavy atom. The van der Waals surface area contributed by atoms with Crippen LogP contribution < -0.4 is 10.5 Å². The fraction of sp³-hybridized carbons (Fsp3) is 0.385. The van der Waals surface area contributed by atoms with Crippen LogP contribution in [0, 0.1) is 11.3 Å². The summed E-state index contributed by atoms with van der Waals surface area (Å²) in [5.74, 6) is 0.957. The number of rotatable bonds is 6. The number of nitrogen functional groups attached to an aromatic ring is 1. The number of anilines is 1. The van der Waals surface area contributed by atoms with E-state index < -0.39 is 0 Å². The minimum absolute atomic E-state index is 0.0147. The van der Waals surface area contributed by atoms with Gasteiger partial charge < -0.3 is 15.4 Å². The zero-order chi connectivity index (χ0) is 14.3. The zero-order valence-electron chi connectivity index (χ0n) is 11.0. The van der Waals surface area contributed by atoms with E-state index in [0.29, 0.717) is 30.2 Å². The van der Waals surface area contributed by atoms with Crippen molar-refractivity contribution in [2.24, 2.45) is 0 Å². The molecule has 1 aromatic rings. The lowest BCUT2D eigenvalue weighted by Crippen LogP contribution is -2.29. The van der Waals surface area contributed by atoms with E-state index in [4.69, 9.17) is 15.7 Å². The molecule has 5 nitrogen and oxygen atoms in total. The normalized spacial score (nSPS) is 9.74. The maximum absolute atomic E-state index is 11.8. The van der Waals surface area contributed by atoms with Gasteiger partial charge in [-0.25, -0.2) is 0 Å². The number of nitrogens with zero attached hydrogens (tertiary/aromatic N) is 2. The topological polar surface area (TPSA) is 79.3 Å². The largest absolute Gasteiger partial charge is 0.496 e. The average molecular weight is 279 g/mol. The SMILES string of the molecule is COc1cc(N)ccc1SCC(=O)N(C)CCC#N. The zero-order valence-corrected chi connectivity index (χ0v) is 11.9. The van der Waals surface area contributed by atoms with Gasteiger partial charge in [-0.3, -0.25) is 4.79 Å². The predicted molar refractivity (Wildman–Crippen MR) is 76.0 cm³/mol. The smallest absolute Gasteiger partial charge is 0.232 e. The van der Waals surface area contributed by atoms with E-state index in [1.807, 2.05) is 12.1 Å². The van der Waals surface area contributed by atoms with E-state index in [1.54, 1.807) is 31.2 Å². The van der Waals surface area contributed by atoms with Crippen LogP contribution in [0.25, 0.3) is 0 Å². The van der Waals surface area contributed by atoms with Gasteiger partial charge in [0, 0.05) is 30.2 Å². The molecule has 0 saturated carbocycles. The number of nitrogens with two attached hydrogens (primary N) is 1. The third-order valence-corrected chi connectivity index (χ3v) is 3.56. The molecule has 2 N–H and O–H groups in total. The van der Waals surface area contributed by atoms with Crippen molar-refractivity contribution in [2.75, 3.05) is 32.2 Å². The Bertz CT molecular complexity index is 485. The van der Waals surface area contributed by atoms with Gasteiger partial charge in [0.05, 0.1) is 25.4 Å².